The summed E-state index contributed by atoms with van der Waals surface area (Å²) in [6.45, 7) is 4.09. The van der Waals surface area contributed by atoms with Gasteiger partial charge < -0.3 is 5.32 Å². The number of hydrogen-bond donors (Lipinski definition) is 1. The van der Waals surface area contributed by atoms with Gasteiger partial charge in [0.05, 0.1) is 12.1 Å². The Labute approximate surface area is 135 Å². The van der Waals surface area contributed by atoms with Gasteiger partial charge in [-0.1, -0.05) is 37.1 Å². The monoisotopic (exact) mass is 314 g/mol. The van der Waals surface area contributed by atoms with Crippen molar-refractivity contribution in [1.29, 1.82) is 0 Å². The van der Waals surface area contributed by atoms with Gasteiger partial charge >= 0.3 is 0 Å². The molecule has 0 unspecified atom stereocenters. The molecule has 0 atom stereocenters. The maximum Gasteiger partial charge on any atom is 0.225 e. The molecular weight excluding hydrogens is 292 g/mol. The molecule has 1 N–H and O–H groups in total. The summed E-state index contributed by atoms with van der Waals surface area (Å²) in [6, 6.07) is 8.64. The van der Waals surface area contributed by atoms with Gasteiger partial charge in [0.15, 0.2) is 0 Å². The average molecular weight is 314 g/mol. The van der Waals surface area contributed by atoms with E-state index in [4.69, 9.17) is 0 Å². The molecule has 1 aliphatic rings. The minimum atomic E-state index is 0.134. The quantitative estimate of drug-likeness (QED) is 0.926. The van der Waals surface area contributed by atoms with E-state index in [9.17, 15) is 4.79 Å². The van der Waals surface area contributed by atoms with Crippen LogP contribution in [0.3, 0.4) is 0 Å². The summed E-state index contributed by atoms with van der Waals surface area (Å²) in [4.78, 5) is 17.9. The largest absolute Gasteiger partial charge is 0.353 e. The van der Waals surface area contributed by atoms with E-state index in [1.165, 1.54) is 18.4 Å². The first-order valence-corrected chi connectivity index (χ1v) is 8.77. The first-order valence-electron chi connectivity index (χ1n) is 7.95. The maximum atomic E-state index is 12.2. The highest BCUT2D eigenvalue weighted by Gasteiger charge is 2.19. The van der Waals surface area contributed by atoms with Gasteiger partial charge in [0.25, 0.3) is 0 Å². The van der Waals surface area contributed by atoms with Crippen molar-refractivity contribution >= 4 is 17.2 Å². The SMILES string of the molecule is Cc1ccccc1-c1nc(C)c(CC(=O)NC2CCCC2)s1. The van der Waals surface area contributed by atoms with E-state index in [-0.39, 0.29) is 5.91 Å². The summed E-state index contributed by atoms with van der Waals surface area (Å²) < 4.78 is 0. The topological polar surface area (TPSA) is 42.0 Å². The van der Waals surface area contributed by atoms with Crippen LogP contribution < -0.4 is 5.32 Å². The molecule has 4 heteroatoms. The highest BCUT2D eigenvalue weighted by molar-refractivity contribution is 7.15. The Morgan fingerprint density at radius 1 is 1.27 bits per heavy atom. The summed E-state index contributed by atoms with van der Waals surface area (Å²) in [6.07, 6.45) is 5.18. The molecule has 1 aromatic heterocycles. The molecule has 0 saturated heterocycles. The number of hydrogen-bond acceptors (Lipinski definition) is 3. The Morgan fingerprint density at radius 3 is 2.73 bits per heavy atom. The molecule has 1 heterocycles. The molecular formula is C18H22N2OS. The molecule has 22 heavy (non-hydrogen) atoms. The minimum absolute atomic E-state index is 0.134. The number of benzene rings is 1. The molecule has 1 amide bonds. The van der Waals surface area contributed by atoms with E-state index >= 15 is 0 Å². The second-order valence-corrected chi connectivity index (χ2v) is 7.15. The number of amides is 1. The van der Waals surface area contributed by atoms with Crippen LogP contribution in [-0.2, 0) is 11.2 Å². The van der Waals surface area contributed by atoms with Gasteiger partial charge in [0.1, 0.15) is 5.01 Å². The lowest BCUT2D eigenvalue weighted by Gasteiger charge is -2.11. The van der Waals surface area contributed by atoms with Crippen LogP contribution in [0.15, 0.2) is 24.3 Å². The fourth-order valence-electron chi connectivity index (χ4n) is 3.01. The predicted octanol–water partition coefficient (Wildman–Crippen LogP) is 4.03. The Bertz CT molecular complexity index is 671. The molecule has 1 aliphatic carbocycles. The molecule has 1 aromatic carbocycles. The van der Waals surface area contributed by atoms with Gasteiger partial charge in [-0.05, 0) is 32.3 Å². The van der Waals surface area contributed by atoms with Crippen molar-refractivity contribution in [2.75, 3.05) is 0 Å². The van der Waals surface area contributed by atoms with Crippen molar-refractivity contribution in [2.45, 2.75) is 52.0 Å². The summed E-state index contributed by atoms with van der Waals surface area (Å²) in [5.74, 6) is 0.134. The second-order valence-electron chi connectivity index (χ2n) is 6.07. The molecule has 3 rings (SSSR count). The third kappa shape index (κ3) is 3.38. The zero-order valence-electron chi connectivity index (χ0n) is 13.2. The number of nitrogens with one attached hydrogen (secondary N) is 1. The lowest BCUT2D eigenvalue weighted by Crippen LogP contribution is -2.33. The van der Waals surface area contributed by atoms with Crippen LogP contribution in [0.2, 0.25) is 0 Å². The molecule has 1 saturated carbocycles. The maximum absolute atomic E-state index is 12.2. The van der Waals surface area contributed by atoms with E-state index in [1.54, 1.807) is 11.3 Å². The molecule has 0 bridgehead atoms. The minimum Gasteiger partial charge on any atom is -0.353 e. The van der Waals surface area contributed by atoms with Gasteiger partial charge in [-0.3, -0.25) is 4.79 Å². The van der Waals surface area contributed by atoms with Crippen LogP contribution in [-0.4, -0.2) is 16.9 Å². The summed E-state index contributed by atoms with van der Waals surface area (Å²) in [5, 5.41) is 4.17. The van der Waals surface area contributed by atoms with Crippen LogP contribution in [0.4, 0.5) is 0 Å². The lowest BCUT2D eigenvalue weighted by atomic mass is 10.1. The predicted molar refractivity (Wildman–Crippen MR) is 91.1 cm³/mol. The number of aryl methyl sites for hydroxylation is 2. The summed E-state index contributed by atoms with van der Waals surface area (Å²) in [7, 11) is 0. The van der Waals surface area contributed by atoms with Gasteiger partial charge in [-0.2, -0.15) is 0 Å². The van der Waals surface area contributed by atoms with E-state index in [0.717, 1.165) is 34.0 Å². The third-order valence-corrected chi connectivity index (χ3v) is 5.50. The Morgan fingerprint density at radius 2 is 2.00 bits per heavy atom. The van der Waals surface area contributed by atoms with Gasteiger partial charge in [-0.15, -0.1) is 11.3 Å². The molecule has 116 valence electrons. The molecule has 0 spiro atoms. The Balaban J connectivity index is 1.72. The summed E-state index contributed by atoms with van der Waals surface area (Å²) in [5.41, 5.74) is 3.36. The van der Waals surface area contributed by atoms with Crippen molar-refractivity contribution in [3.05, 3.63) is 40.4 Å². The average Bonchev–Trinajstić information content (AvgIpc) is 3.10. The zero-order valence-corrected chi connectivity index (χ0v) is 14.0. The van der Waals surface area contributed by atoms with Crippen LogP contribution in [0.1, 0.15) is 41.8 Å². The number of thiazole rings is 1. The number of rotatable bonds is 4. The molecule has 2 aromatic rings. The molecule has 3 nitrogen and oxygen atoms in total. The third-order valence-electron chi connectivity index (χ3n) is 4.31. The van der Waals surface area contributed by atoms with E-state index in [2.05, 4.69) is 29.4 Å². The van der Waals surface area contributed by atoms with Crippen LogP contribution in [0.5, 0.6) is 0 Å². The summed E-state index contributed by atoms with van der Waals surface area (Å²) >= 11 is 1.64. The highest BCUT2D eigenvalue weighted by Crippen LogP contribution is 2.30. The van der Waals surface area contributed by atoms with Crippen molar-refractivity contribution in [3.8, 4) is 10.6 Å². The fourth-order valence-corrected chi connectivity index (χ4v) is 4.17. The Kier molecular flexibility index (Phi) is 4.57. The van der Waals surface area contributed by atoms with Crippen molar-refractivity contribution in [1.82, 2.24) is 10.3 Å². The first kappa shape index (κ1) is 15.2. The van der Waals surface area contributed by atoms with Crippen LogP contribution in [0.25, 0.3) is 10.6 Å². The van der Waals surface area contributed by atoms with Crippen molar-refractivity contribution in [2.24, 2.45) is 0 Å². The van der Waals surface area contributed by atoms with E-state index < -0.39 is 0 Å². The van der Waals surface area contributed by atoms with Gasteiger partial charge in [0.2, 0.25) is 5.91 Å². The molecule has 0 radical (unpaired) electrons. The van der Waals surface area contributed by atoms with E-state index in [1.807, 2.05) is 19.1 Å². The normalized spacial score (nSPS) is 15.2. The van der Waals surface area contributed by atoms with Crippen LogP contribution in [0, 0.1) is 13.8 Å². The number of aromatic nitrogens is 1. The Hall–Kier alpha value is -1.68. The smallest absolute Gasteiger partial charge is 0.225 e. The van der Waals surface area contributed by atoms with Crippen LogP contribution >= 0.6 is 11.3 Å². The molecule has 0 aliphatic heterocycles. The second kappa shape index (κ2) is 6.61. The van der Waals surface area contributed by atoms with Crippen molar-refractivity contribution in [3.63, 3.8) is 0 Å². The molecule has 1 fully saturated rings. The fraction of sp³-hybridized carbons (Fsp3) is 0.444. The number of carbonyl (C=O) groups is 1. The van der Waals surface area contributed by atoms with Crippen molar-refractivity contribution < 1.29 is 4.79 Å². The van der Waals surface area contributed by atoms with Gasteiger partial charge in [0, 0.05) is 16.5 Å². The number of carbonyl (C=O) groups excluding carboxylic acids is 1. The zero-order chi connectivity index (χ0) is 15.5. The van der Waals surface area contributed by atoms with Gasteiger partial charge in [-0.25, -0.2) is 4.98 Å². The van der Waals surface area contributed by atoms with E-state index in [0.29, 0.717) is 12.5 Å². The lowest BCUT2D eigenvalue weighted by molar-refractivity contribution is -0.121. The first-order chi connectivity index (χ1) is 10.6. The highest BCUT2D eigenvalue weighted by atomic mass is 32.1. The standard InChI is InChI=1S/C18H22N2OS/c1-12-7-3-6-10-15(12)18-19-13(2)16(22-18)11-17(21)20-14-8-4-5-9-14/h3,6-7,10,14H,4-5,8-9,11H2,1-2H3,(H,20,21). The number of nitrogens with zero attached hydrogens (tertiary/aromatic N) is 1.